The number of nitrogens with one attached hydrogen (secondary N) is 1. The molecular weight excluding hydrogens is 258 g/mol. The van der Waals surface area contributed by atoms with Crippen LogP contribution in [-0.2, 0) is 0 Å². The van der Waals surface area contributed by atoms with E-state index in [2.05, 4.69) is 70.6 Å². The molecule has 0 aliphatic rings. The molecule has 0 saturated heterocycles. The van der Waals surface area contributed by atoms with Crippen LogP contribution in [0.15, 0.2) is 0 Å². The molecule has 1 N–H and O–H groups in total. The van der Waals surface area contributed by atoms with Crippen LogP contribution in [0, 0.1) is 0 Å². The number of hydrogen-bond donors (Lipinski definition) is 1. The Morgan fingerprint density at radius 2 is 1.00 bits per heavy atom. The predicted octanol–water partition coefficient (Wildman–Crippen LogP) is 4.34. The lowest BCUT2D eigenvalue weighted by molar-refractivity contribution is 0.304. The van der Waals surface area contributed by atoms with Crippen molar-refractivity contribution in [1.82, 2.24) is 15.1 Å². The van der Waals surface area contributed by atoms with Gasteiger partial charge in [-0.2, -0.15) is 0 Å². The van der Waals surface area contributed by atoms with Crippen LogP contribution in [0.5, 0.6) is 0 Å². The molecule has 0 spiro atoms. The molecule has 0 fully saturated rings. The topological polar surface area (TPSA) is 18.5 Å². The van der Waals surface area contributed by atoms with Gasteiger partial charge in [-0.3, -0.25) is 0 Å². The van der Waals surface area contributed by atoms with Crippen LogP contribution >= 0.6 is 0 Å². The Morgan fingerprint density at radius 1 is 0.667 bits per heavy atom. The van der Waals surface area contributed by atoms with E-state index < -0.39 is 0 Å². The zero-order valence-corrected chi connectivity index (χ0v) is 17.1. The van der Waals surface area contributed by atoms with Crippen molar-refractivity contribution in [3.63, 3.8) is 0 Å². The van der Waals surface area contributed by atoms with Crippen LogP contribution in [-0.4, -0.2) is 63.7 Å². The van der Waals surface area contributed by atoms with E-state index in [1.807, 2.05) is 14.1 Å². The Labute approximate surface area is 137 Å². The number of hydrogen-bond acceptors (Lipinski definition) is 3. The zero-order valence-electron chi connectivity index (χ0n) is 17.1. The molecule has 0 bridgehead atoms. The number of nitrogens with zero attached hydrogens (tertiary/aromatic N) is 2. The third-order valence-electron chi connectivity index (χ3n) is 2.58. The van der Waals surface area contributed by atoms with Crippen LogP contribution in [0.4, 0.5) is 0 Å². The summed E-state index contributed by atoms with van der Waals surface area (Å²) in [5.41, 5.74) is 0. The van der Waals surface area contributed by atoms with Gasteiger partial charge in [-0.15, -0.1) is 0 Å². The molecule has 0 aromatic heterocycles. The molecule has 0 radical (unpaired) electrons. The van der Waals surface area contributed by atoms with Crippen molar-refractivity contribution in [3.05, 3.63) is 0 Å². The first kappa shape index (κ1) is 29.0. The van der Waals surface area contributed by atoms with E-state index in [-0.39, 0.29) is 0 Å². The lowest BCUT2D eigenvalue weighted by atomic mass is 10.4. The molecule has 0 rings (SSSR count). The maximum atomic E-state index is 2.75. The predicted molar refractivity (Wildman–Crippen MR) is 102 cm³/mol. The van der Waals surface area contributed by atoms with Gasteiger partial charge in [0.15, 0.2) is 0 Å². The fourth-order valence-electron chi connectivity index (χ4n) is 1.40. The second-order valence-electron chi connectivity index (χ2n) is 5.13. The van der Waals surface area contributed by atoms with Gasteiger partial charge in [-0.25, -0.2) is 0 Å². The van der Waals surface area contributed by atoms with Crippen molar-refractivity contribution in [1.29, 1.82) is 0 Å². The molecule has 0 aromatic carbocycles. The number of rotatable bonds is 7. The summed E-state index contributed by atoms with van der Waals surface area (Å²) in [6.45, 7) is 21.3. The van der Waals surface area contributed by atoms with Crippen LogP contribution < -0.4 is 5.32 Å². The molecule has 0 unspecified atom stereocenters. The van der Waals surface area contributed by atoms with E-state index in [9.17, 15) is 0 Å². The largest absolute Gasteiger partial charge is 0.323 e. The van der Waals surface area contributed by atoms with E-state index in [1.165, 1.54) is 52.0 Å². The molecule has 3 nitrogen and oxygen atoms in total. The van der Waals surface area contributed by atoms with Gasteiger partial charge in [0.25, 0.3) is 0 Å². The first-order valence-corrected chi connectivity index (χ1v) is 8.98. The van der Waals surface area contributed by atoms with Crippen molar-refractivity contribution in [3.8, 4) is 0 Å². The van der Waals surface area contributed by atoms with Gasteiger partial charge in [0.05, 0.1) is 0 Å². The van der Waals surface area contributed by atoms with Gasteiger partial charge in [0.1, 0.15) is 0 Å². The summed E-state index contributed by atoms with van der Waals surface area (Å²) in [7, 11) is 5.89. The molecule has 0 saturated carbocycles. The van der Waals surface area contributed by atoms with Crippen LogP contribution in [0.1, 0.15) is 67.7 Å². The minimum absolute atomic E-state index is 1.17. The minimum Gasteiger partial charge on any atom is -0.323 e. The highest BCUT2D eigenvalue weighted by molar-refractivity contribution is 4.47. The van der Waals surface area contributed by atoms with Crippen LogP contribution in [0.25, 0.3) is 0 Å². The minimum atomic E-state index is 1.17. The third kappa shape index (κ3) is 45.0. The van der Waals surface area contributed by atoms with Crippen molar-refractivity contribution < 1.29 is 0 Å². The molecule has 0 aliphatic heterocycles. The standard InChI is InChI=1S/C7H17N.C6H15N.C3H8.C2H7N/c1-4-7-8(5-2)6-3;1-4-6-7(3)5-2;2*1-3-2/h4-7H2,1-3H3;4-6H2,1-3H3;3H2,1-2H3;3H,1-2H3. The first-order valence-electron chi connectivity index (χ1n) is 8.98. The molecule has 0 aliphatic carbocycles. The van der Waals surface area contributed by atoms with E-state index in [4.69, 9.17) is 0 Å². The van der Waals surface area contributed by atoms with Crippen molar-refractivity contribution in [2.45, 2.75) is 67.7 Å². The third-order valence-corrected chi connectivity index (χ3v) is 2.58. The molecule has 3 heteroatoms. The normalized spacial score (nSPS) is 9.14. The van der Waals surface area contributed by atoms with Crippen molar-refractivity contribution in [2.24, 2.45) is 0 Å². The summed E-state index contributed by atoms with van der Waals surface area (Å²) in [6, 6.07) is 0. The van der Waals surface area contributed by atoms with E-state index in [1.54, 1.807) is 0 Å². The Balaban J connectivity index is -0.000000101. The monoisotopic (exact) mass is 305 g/mol. The molecule has 21 heavy (non-hydrogen) atoms. The first-order chi connectivity index (χ1) is 9.98. The summed E-state index contributed by atoms with van der Waals surface area (Å²) in [5.74, 6) is 0. The average Bonchev–Trinajstić information content (AvgIpc) is 2.47. The molecule has 0 heterocycles. The maximum Gasteiger partial charge on any atom is -0.00216 e. The molecule has 0 atom stereocenters. The van der Waals surface area contributed by atoms with E-state index >= 15 is 0 Å². The highest BCUT2D eigenvalue weighted by atomic mass is 15.1. The summed E-state index contributed by atoms with van der Waals surface area (Å²) >= 11 is 0. The van der Waals surface area contributed by atoms with E-state index in [0.717, 1.165) is 0 Å². The molecule has 0 aromatic rings. The Hall–Kier alpha value is -0.120. The SMILES string of the molecule is CCC.CCCN(C)CC.CCCN(CC)CC.CNC. The van der Waals surface area contributed by atoms with Gasteiger partial charge in [-0.1, -0.05) is 54.9 Å². The highest BCUT2D eigenvalue weighted by Gasteiger charge is 1.92. The van der Waals surface area contributed by atoms with E-state index in [0.29, 0.717) is 0 Å². The maximum absolute atomic E-state index is 2.75. The lowest BCUT2D eigenvalue weighted by Gasteiger charge is -2.15. The summed E-state index contributed by atoms with van der Waals surface area (Å²) in [4.78, 5) is 4.74. The quantitative estimate of drug-likeness (QED) is 0.755. The van der Waals surface area contributed by atoms with Crippen molar-refractivity contribution >= 4 is 0 Å². The molecular formula is C18H47N3. The van der Waals surface area contributed by atoms with Crippen LogP contribution in [0.3, 0.4) is 0 Å². The Kier molecular flexibility index (Phi) is 44.1. The Bertz CT molecular complexity index is 124. The summed E-state index contributed by atoms with van der Waals surface area (Å²) in [5, 5.41) is 2.75. The lowest BCUT2D eigenvalue weighted by Crippen LogP contribution is -2.23. The summed E-state index contributed by atoms with van der Waals surface area (Å²) in [6.07, 6.45) is 3.80. The van der Waals surface area contributed by atoms with Gasteiger partial charge in [-0.05, 0) is 66.7 Å². The van der Waals surface area contributed by atoms with Gasteiger partial charge < -0.3 is 15.1 Å². The van der Waals surface area contributed by atoms with Crippen LogP contribution in [0.2, 0.25) is 0 Å². The smallest absolute Gasteiger partial charge is 0.00216 e. The van der Waals surface area contributed by atoms with Gasteiger partial charge >= 0.3 is 0 Å². The fourth-order valence-corrected chi connectivity index (χ4v) is 1.40. The molecule has 0 amide bonds. The average molecular weight is 306 g/mol. The van der Waals surface area contributed by atoms with Crippen molar-refractivity contribution in [2.75, 3.05) is 53.9 Å². The zero-order chi connectivity index (χ0) is 17.5. The Morgan fingerprint density at radius 3 is 1.10 bits per heavy atom. The second-order valence-corrected chi connectivity index (χ2v) is 5.13. The summed E-state index contributed by atoms with van der Waals surface area (Å²) < 4.78 is 0. The highest BCUT2D eigenvalue weighted by Crippen LogP contribution is 1.87. The van der Waals surface area contributed by atoms with Gasteiger partial charge in [0.2, 0.25) is 0 Å². The van der Waals surface area contributed by atoms with Gasteiger partial charge in [0, 0.05) is 0 Å². The fraction of sp³-hybridized carbons (Fsp3) is 1.00. The molecule has 134 valence electrons. The second kappa shape index (κ2) is 32.0.